The molecule has 0 saturated carbocycles. The fraction of sp³-hybridized carbons (Fsp3) is 0.143. The molecule has 1 N–H and O–H groups in total. The van der Waals surface area contributed by atoms with E-state index in [9.17, 15) is 17.6 Å². The summed E-state index contributed by atoms with van der Waals surface area (Å²) in [6.07, 6.45) is 2.65. The van der Waals surface area contributed by atoms with Gasteiger partial charge in [-0.05, 0) is 61.9 Å². The number of rotatable bonds is 6. The van der Waals surface area contributed by atoms with Crippen molar-refractivity contribution in [3.63, 3.8) is 0 Å². The van der Waals surface area contributed by atoms with E-state index in [-0.39, 0.29) is 10.6 Å². The molecule has 0 radical (unpaired) electrons. The fourth-order valence-corrected chi connectivity index (χ4v) is 4.21. The van der Waals surface area contributed by atoms with Crippen LogP contribution in [0.2, 0.25) is 0 Å². The molecule has 1 aromatic heterocycles. The highest BCUT2D eigenvalue weighted by atomic mass is 32.2. The van der Waals surface area contributed by atoms with Crippen molar-refractivity contribution in [1.29, 1.82) is 0 Å². The lowest BCUT2D eigenvalue weighted by Gasteiger charge is -2.24. The number of nitrogens with one attached hydrogen (secondary N) is 1. The minimum absolute atomic E-state index is 0.0661. The number of pyridine rings is 1. The largest absolute Gasteiger partial charge is 0.324 e. The zero-order valence-corrected chi connectivity index (χ0v) is 16.8. The molecule has 1 amide bonds. The number of aromatic nitrogens is 1. The van der Waals surface area contributed by atoms with Crippen molar-refractivity contribution in [2.45, 2.75) is 18.7 Å². The lowest BCUT2D eigenvalue weighted by molar-refractivity contribution is -0.114. The van der Waals surface area contributed by atoms with E-state index in [1.165, 1.54) is 36.7 Å². The molecule has 0 saturated heterocycles. The number of anilines is 2. The standard InChI is InChI=1S/C21H20FN3O3S/c1-15-5-10-20(16(2)12-15)24-21(26)14-25(18-8-6-17(22)7-9-18)29(27,28)19-4-3-11-23-13-19/h3-13H,14H2,1-2H3,(H,24,26). The zero-order valence-electron chi connectivity index (χ0n) is 16.0. The molecule has 0 aliphatic rings. The third-order valence-electron chi connectivity index (χ3n) is 4.28. The van der Waals surface area contributed by atoms with Crippen LogP contribution in [0.3, 0.4) is 0 Å². The van der Waals surface area contributed by atoms with Crippen molar-refractivity contribution >= 4 is 27.3 Å². The number of aryl methyl sites for hydroxylation is 2. The molecule has 29 heavy (non-hydrogen) atoms. The van der Waals surface area contributed by atoms with Crippen LogP contribution in [0.15, 0.2) is 71.9 Å². The molecule has 2 aromatic carbocycles. The van der Waals surface area contributed by atoms with Gasteiger partial charge in [0.2, 0.25) is 5.91 Å². The highest BCUT2D eigenvalue weighted by Gasteiger charge is 2.27. The van der Waals surface area contributed by atoms with Gasteiger partial charge in [-0.15, -0.1) is 0 Å². The molecular formula is C21H20FN3O3S. The average molecular weight is 413 g/mol. The molecule has 3 aromatic rings. The van der Waals surface area contributed by atoms with Gasteiger partial charge in [0.15, 0.2) is 0 Å². The Morgan fingerprint density at radius 2 is 1.83 bits per heavy atom. The molecule has 0 atom stereocenters. The minimum Gasteiger partial charge on any atom is -0.324 e. The summed E-state index contributed by atoms with van der Waals surface area (Å²) in [6.45, 7) is 3.32. The molecule has 0 unspecified atom stereocenters. The third kappa shape index (κ3) is 4.78. The Morgan fingerprint density at radius 1 is 1.10 bits per heavy atom. The highest BCUT2D eigenvalue weighted by molar-refractivity contribution is 7.92. The van der Waals surface area contributed by atoms with Crippen LogP contribution < -0.4 is 9.62 Å². The van der Waals surface area contributed by atoms with Crippen LogP contribution in [0, 0.1) is 19.7 Å². The van der Waals surface area contributed by atoms with Crippen LogP contribution in [0.25, 0.3) is 0 Å². The Balaban J connectivity index is 1.93. The first-order valence-electron chi connectivity index (χ1n) is 8.83. The van der Waals surface area contributed by atoms with E-state index in [1.807, 2.05) is 26.0 Å². The van der Waals surface area contributed by atoms with Gasteiger partial charge in [0.1, 0.15) is 17.3 Å². The Hall–Kier alpha value is -3.26. The summed E-state index contributed by atoms with van der Waals surface area (Å²) >= 11 is 0. The van der Waals surface area contributed by atoms with Gasteiger partial charge in [0.05, 0.1) is 5.69 Å². The molecule has 1 heterocycles. The molecule has 0 bridgehead atoms. The Labute approximate surface area is 169 Å². The predicted octanol–water partition coefficient (Wildman–Crippen LogP) is 3.67. The molecule has 3 rings (SSSR count). The number of hydrogen-bond donors (Lipinski definition) is 1. The van der Waals surface area contributed by atoms with Gasteiger partial charge >= 0.3 is 0 Å². The summed E-state index contributed by atoms with van der Waals surface area (Å²) in [5.74, 6) is -1.03. The van der Waals surface area contributed by atoms with Gasteiger partial charge < -0.3 is 5.32 Å². The Bertz CT molecular complexity index is 1120. The molecule has 0 aliphatic carbocycles. The van der Waals surface area contributed by atoms with E-state index in [1.54, 1.807) is 6.07 Å². The maximum absolute atomic E-state index is 13.3. The summed E-state index contributed by atoms with van der Waals surface area (Å²) < 4.78 is 40.5. The Kier molecular flexibility index (Phi) is 5.93. The predicted molar refractivity (Wildman–Crippen MR) is 110 cm³/mol. The number of hydrogen-bond acceptors (Lipinski definition) is 4. The van der Waals surface area contributed by atoms with Crippen LogP contribution in [-0.4, -0.2) is 25.9 Å². The van der Waals surface area contributed by atoms with Gasteiger partial charge in [0, 0.05) is 18.1 Å². The van der Waals surface area contributed by atoms with Crippen molar-refractivity contribution in [3.8, 4) is 0 Å². The molecule has 0 fully saturated rings. The maximum atomic E-state index is 13.3. The first-order valence-corrected chi connectivity index (χ1v) is 10.3. The van der Waals surface area contributed by atoms with E-state index in [4.69, 9.17) is 0 Å². The smallest absolute Gasteiger partial charge is 0.266 e. The van der Waals surface area contributed by atoms with Gasteiger partial charge in [-0.1, -0.05) is 17.7 Å². The van der Waals surface area contributed by atoms with E-state index in [0.717, 1.165) is 27.6 Å². The van der Waals surface area contributed by atoms with Gasteiger partial charge in [-0.25, -0.2) is 12.8 Å². The molecule has 6 nitrogen and oxygen atoms in total. The van der Waals surface area contributed by atoms with Crippen molar-refractivity contribution in [2.75, 3.05) is 16.2 Å². The molecule has 0 aliphatic heterocycles. The fourth-order valence-electron chi connectivity index (χ4n) is 2.82. The van der Waals surface area contributed by atoms with Crippen molar-refractivity contribution < 1.29 is 17.6 Å². The minimum atomic E-state index is -4.08. The molecular weight excluding hydrogens is 393 g/mol. The van der Waals surface area contributed by atoms with Gasteiger partial charge in [-0.2, -0.15) is 0 Å². The van der Waals surface area contributed by atoms with Crippen molar-refractivity contribution in [2.24, 2.45) is 0 Å². The number of carbonyl (C=O) groups is 1. The summed E-state index contributed by atoms with van der Waals surface area (Å²) in [6, 6.07) is 13.3. The van der Waals surface area contributed by atoms with E-state index >= 15 is 0 Å². The van der Waals surface area contributed by atoms with Gasteiger partial charge in [0.25, 0.3) is 10.0 Å². The summed E-state index contributed by atoms with van der Waals surface area (Å²) in [5, 5.41) is 2.74. The summed E-state index contributed by atoms with van der Waals surface area (Å²) in [7, 11) is -4.08. The topological polar surface area (TPSA) is 79.4 Å². The van der Waals surface area contributed by atoms with E-state index in [0.29, 0.717) is 5.69 Å². The number of benzene rings is 2. The Morgan fingerprint density at radius 3 is 2.45 bits per heavy atom. The quantitative estimate of drug-likeness (QED) is 0.669. The second-order valence-electron chi connectivity index (χ2n) is 6.54. The van der Waals surface area contributed by atoms with Crippen LogP contribution >= 0.6 is 0 Å². The van der Waals surface area contributed by atoms with Crippen LogP contribution in [0.4, 0.5) is 15.8 Å². The van der Waals surface area contributed by atoms with Gasteiger partial charge in [-0.3, -0.25) is 14.1 Å². The zero-order chi connectivity index (χ0) is 21.0. The average Bonchev–Trinajstić information content (AvgIpc) is 2.70. The first-order chi connectivity index (χ1) is 13.8. The molecule has 150 valence electrons. The van der Waals surface area contributed by atoms with Crippen LogP contribution in [0.1, 0.15) is 11.1 Å². The summed E-state index contributed by atoms with van der Waals surface area (Å²) in [5.41, 5.74) is 2.68. The molecule has 0 spiro atoms. The number of carbonyl (C=O) groups excluding carboxylic acids is 1. The lowest BCUT2D eigenvalue weighted by Crippen LogP contribution is -2.38. The molecule has 8 heteroatoms. The second kappa shape index (κ2) is 8.40. The second-order valence-corrected chi connectivity index (χ2v) is 8.41. The number of amides is 1. The monoisotopic (exact) mass is 413 g/mol. The number of sulfonamides is 1. The number of nitrogens with zero attached hydrogens (tertiary/aromatic N) is 2. The van der Waals surface area contributed by atoms with E-state index < -0.39 is 28.3 Å². The maximum Gasteiger partial charge on any atom is 0.266 e. The highest BCUT2D eigenvalue weighted by Crippen LogP contribution is 2.24. The summed E-state index contributed by atoms with van der Waals surface area (Å²) in [4.78, 5) is 16.4. The van der Waals surface area contributed by atoms with Crippen LogP contribution in [0.5, 0.6) is 0 Å². The normalized spacial score (nSPS) is 11.1. The van der Waals surface area contributed by atoms with Crippen LogP contribution in [-0.2, 0) is 14.8 Å². The van der Waals surface area contributed by atoms with E-state index in [2.05, 4.69) is 10.3 Å². The first kappa shape index (κ1) is 20.5. The van der Waals surface area contributed by atoms with Crippen molar-refractivity contribution in [1.82, 2.24) is 4.98 Å². The number of halogens is 1. The lowest BCUT2D eigenvalue weighted by atomic mass is 10.1. The third-order valence-corrected chi connectivity index (χ3v) is 6.04. The van der Waals surface area contributed by atoms with Crippen molar-refractivity contribution in [3.05, 3.63) is 83.9 Å². The SMILES string of the molecule is Cc1ccc(NC(=O)CN(c2ccc(F)cc2)S(=O)(=O)c2cccnc2)c(C)c1.